The highest BCUT2D eigenvalue weighted by molar-refractivity contribution is 5.84. The molecule has 2 N–H and O–H groups in total. The number of hydrogen-bond acceptors (Lipinski definition) is 3. The Labute approximate surface area is 143 Å². The van der Waals surface area contributed by atoms with Gasteiger partial charge in [-0.15, -0.1) is 0 Å². The topological polar surface area (TPSA) is 67.2 Å². The third-order valence-corrected chi connectivity index (χ3v) is 4.59. The summed E-state index contributed by atoms with van der Waals surface area (Å²) in [6.45, 7) is 6.00. The minimum atomic E-state index is -1.15. The van der Waals surface area contributed by atoms with Gasteiger partial charge in [0.15, 0.2) is 0 Å². The van der Waals surface area contributed by atoms with E-state index < -0.39 is 5.60 Å². The van der Waals surface area contributed by atoms with Crippen LogP contribution in [0.3, 0.4) is 0 Å². The van der Waals surface area contributed by atoms with Crippen LogP contribution in [0.25, 0.3) is 0 Å². The summed E-state index contributed by atoms with van der Waals surface area (Å²) in [4.78, 5) is 12.8. The first kappa shape index (κ1) is 18.2. The molecule has 0 fully saturated rings. The minimum Gasteiger partial charge on any atom is -0.383 e. The molecular weight excluding hydrogens is 302 g/mol. The molecule has 1 aromatic heterocycles. The van der Waals surface area contributed by atoms with Crippen molar-refractivity contribution < 1.29 is 9.90 Å². The smallest absolute Gasteiger partial charge is 0.227 e. The first-order chi connectivity index (χ1) is 11.3. The molecule has 1 heterocycles. The third-order valence-electron chi connectivity index (χ3n) is 4.59. The van der Waals surface area contributed by atoms with Gasteiger partial charge in [-0.1, -0.05) is 50.6 Å². The van der Waals surface area contributed by atoms with Crippen LogP contribution in [0.15, 0.2) is 42.7 Å². The van der Waals surface area contributed by atoms with E-state index in [1.165, 1.54) is 0 Å². The SMILES string of the molecule is CCC(C)C(C(=O)NCC(C)(O)c1cnn(C)c1)c1ccccc1. The van der Waals surface area contributed by atoms with Crippen molar-refractivity contribution in [2.24, 2.45) is 13.0 Å². The van der Waals surface area contributed by atoms with Crippen molar-refractivity contribution in [1.29, 1.82) is 0 Å². The van der Waals surface area contributed by atoms with E-state index in [1.807, 2.05) is 30.3 Å². The second kappa shape index (κ2) is 7.62. The first-order valence-electron chi connectivity index (χ1n) is 8.39. The van der Waals surface area contributed by atoms with Gasteiger partial charge in [0.2, 0.25) is 5.91 Å². The highest BCUT2D eigenvalue weighted by Crippen LogP contribution is 2.27. The molecule has 1 aromatic carbocycles. The van der Waals surface area contributed by atoms with E-state index >= 15 is 0 Å². The molecule has 0 radical (unpaired) electrons. The van der Waals surface area contributed by atoms with Crippen molar-refractivity contribution in [2.75, 3.05) is 6.54 Å². The monoisotopic (exact) mass is 329 g/mol. The van der Waals surface area contributed by atoms with E-state index in [9.17, 15) is 9.90 Å². The zero-order valence-corrected chi connectivity index (χ0v) is 14.9. The number of carbonyl (C=O) groups is 1. The van der Waals surface area contributed by atoms with Crippen LogP contribution in [0.4, 0.5) is 0 Å². The van der Waals surface area contributed by atoms with Crippen molar-refractivity contribution in [3.05, 3.63) is 53.9 Å². The molecule has 5 heteroatoms. The van der Waals surface area contributed by atoms with Crippen LogP contribution >= 0.6 is 0 Å². The van der Waals surface area contributed by atoms with Crippen LogP contribution in [0.5, 0.6) is 0 Å². The first-order valence-corrected chi connectivity index (χ1v) is 8.39. The molecule has 130 valence electrons. The molecule has 0 aliphatic heterocycles. The van der Waals surface area contributed by atoms with Gasteiger partial charge in [0, 0.05) is 18.8 Å². The molecule has 0 saturated carbocycles. The number of benzene rings is 1. The van der Waals surface area contributed by atoms with Crippen LogP contribution in [0, 0.1) is 5.92 Å². The molecule has 0 bridgehead atoms. The van der Waals surface area contributed by atoms with Crippen LogP contribution in [0.2, 0.25) is 0 Å². The maximum absolute atomic E-state index is 12.8. The quantitative estimate of drug-likeness (QED) is 0.820. The maximum Gasteiger partial charge on any atom is 0.227 e. The summed E-state index contributed by atoms with van der Waals surface area (Å²) in [6, 6.07) is 9.81. The standard InChI is InChI=1S/C19H27N3O2/c1-5-14(2)17(15-9-7-6-8-10-15)18(23)20-13-19(3,24)16-11-21-22(4)12-16/h6-12,14,17,24H,5,13H2,1-4H3,(H,20,23). The fraction of sp³-hybridized carbons (Fsp3) is 0.474. The van der Waals surface area contributed by atoms with Crippen LogP contribution in [-0.4, -0.2) is 27.3 Å². The van der Waals surface area contributed by atoms with E-state index in [-0.39, 0.29) is 24.3 Å². The fourth-order valence-electron chi connectivity index (χ4n) is 2.80. The summed E-state index contributed by atoms with van der Waals surface area (Å²) in [5.74, 6) is -0.0589. The van der Waals surface area contributed by atoms with Gasteiger partial charge in [-0.25, -0.2) is 0 Å². The number of nitrogens with one attached hydrogen (secondary N) is 1. The number of aromatic nitrogens is 2. The number of carbonyl (C=O) groups excluding carboxylic acids is 1. The summed E-state index contributed by atoms with van der Waals surface area (Å²) in [6.07, 6.45) is 4.29. The molecule has 3 atom stereocenters. The molecule has 0 spiro atoms. The van der Waals surface area contributed by atoms with E-state index in [0.29, 0.717) is 5.56 Å². The second-order valence-electron chi connectivity index (χ2n) is 6.67. The molecule has 24 heavy (non-hydrogen) atoms. The molecule has 0 aliphatic rings. The summed E-state index contributed by atoms with van der Waals surface area (Å²) < 4.78 is 1.64. The Balaban J connectivity index is 2.10. The number of nitrogens with zero attached hydrogens (tertiary/aromatic N) is 2. The largest absolute Gasteiger partial charge is 0.383 e. The Morgan fingerprint density at radius 3 is 2.58 bits per heavy atom. The van der Waals surface area contributed by atoms with Crippen molar-refractivity contribution in [2.45, 2.75) is 38.7 Å². The lowest BCUT2D eigenvalue weighted by Crippen LogP contribution is -2.41. The van der Waals surface area contributed by atoms with Crippen molar-refractivity contribution >= 4 is 5.91 Å². The summed E-state index contributed by atoms with van der Waals surface area (Å²) >= 11 is 0. The fourth-order valence-corrected chi connectivity index (χ4v) is 2.80. The molecular formula is C19H27N3O2. The average Bonchev–Trinajstić information content (AvgIpc) is 3.01. The van der Waals surface area contributed by atoms with Gasteiger partial charge in [-0.2, -0.15) is 5.10 Å². The van der Waals surface area contributed by atoms with Gasteiger partial charge >= 0.3 is 0 Å². The molecule has 3 unspecified atom stereocenters. The highest BCUT2D eigenvalue weighted by atomic mass is 16.3. The van der Waals surface area contributed by atoms with Crippen LogP contribution in [-0.2, 0) is 17.4 Å². The normalized spacial score (nSPS) is 16.2. The van der Waals surface area contributed by atoms with Crippen LogP contribution < -0.4 is 5.32 Å². The maximum atomic E-state index is 12.8. The molecule has 0 aliphatic carbocycles. The number of aliphatic hydroxyl groups is 1. The Hall–Kier alpha value is -2.14. The van der Waals surface area contributed by atoms with Gasteiger partial charge in [-0.3, -0.25) is 9.48 Å². The summed E-state index contributed by atoms with van der Waals surface area (Å²) in [7, 11) is 1.80. The van der Waals surface area contributed by atoms with E-state index in [0.717, 1.165) is 12.0 Å². The predicted molar refractivity (Wildman–Crippen MR) is 94.4 cm³/mol. The number of amides is 1. The van der Waals surface area contributed by atoms with Gasteiger partial charge in [0.1, 0.15) is 5.60 Å². The van der Waals surface area contributed by atoms with Gasteiger partial charge in [0.05, 0.1) is 18.7 Å². The molecule has 1 amide bonds. The van der Waals surface area contributed by atoms with Crippen molar-refractivity contribution in [3.63, 3.8) is 0 Å². The lowest BCUT2D eigenvalue weighted by Gasteiger charge is -2.27. The zero-order chi connectivity index (χ0) is 17.7. The Bertz CT molecular complexity index is 664. The summed E-state index contributed by atoms with van der Waals surface area (Å²) in [5, 5.41) is 17.6. The Morgan fingerprint density at radius 1 is 1.38 bits per heavy atom. The third kappa shape index (κ3) is 4.23. The predicted octanol–water partition coefficient (Wildman–Crippen LogP) is 2.57. The Morgan fingerprint density at radius 2 is 2.04 bits per heavy atom. The highest BCUT2D eigenvalue weighted by Gasteiger charge is 2.30. The number of hydrogen-bond donors (Lipinski definition) is 2. The van der Waals surface area contributed by atoms with Gasteiger partial charge in [0.25, 0.3) is 0 Å². The van der Waals surface area contributed by atoms with E-state index in [4.69, 9.17) is 0 Å². The minimum absolute atomic E-state index is 0.0558. The van der Waals surface area contributed by atoms with Crippen molar-refractivity contribution in [1.82, 2.24) is 15.1 Å². The molecule has 2 aromatic rings. The van der Waals surface area contributed by atoms with Crippen molar-refractivity contribution in [3.8, 4) is 0 Å². The molecule has 0 saturated heterocycles. The number of aryl methyl sites for hydroxylation is 1. The number of rotatable bonds is 7. The van der Waals surface area contributed by atoms with E-state index in [1.54, 1.807) is 31.0 Å². The zero-order valence-electron chi connectivity index (χ0n) is 14.9. The van der Waals surface area contributed by atoms with E-state index in [2.05, 4.69) is 24.3 Å². The van der Waals surface area contributed by atoms with Crippen LogP contribution in [0.1, 0.15) is 44.2 Å². The molecule has 5 nitrogen and oxygen atoms in total. The second-order valence-corrected chi connectivity index (χ2v) is 6.67. The molecule has 2 rings (SSSR count). The lowest BCUT2D eigenvalue weighted by atomic mass is 9.84. The lowest BCUT2D eigenvalue weighted by molar-refractivity contribution is -0.124. The Kier molecular flexibility index (Phi) is 5.78. The summed E-state index contributed by atoms with van der Waals surface area (Å²) in [5.41, 5.74) is 0.538. The van der Waals surface area contributed by atoms with Gasteiger partial charge in [-0.05, 0) is 18.4 Å². The van der Waals surface area contributed by atoms with Gasteiger partial charge < -0.3 is 10.4 Å². The average molecular weight is 329 g/mol.